The van der Waals surface area contributed by atoms with Crippen molar-refractivity contribution >= 4 is 22.9 Å². The minimum Gasteiger partial charge on any atom is -0.326 e. The van der Waals surface area contributed by atoms with Gasteiger partial charge in [0.15, 0.2) is 0 Å². The number of fused-ring (bicyclic) bond motifs is 2. The second kappa shape index (κ2) is 8.07. The molecule has 0 fully saturated rings. The molecule has 1 amide bonds. The van der Waals surface area contributed by atoms with Gasteiger partial charge in [-0.05, 0) is 60.7 Å². The van der Waals surface area contributed by atoms with Gasteiger partial charge >= 0.3 is 0 Å². The van der Waals surface area contributed by atoms with Gasteiger partial charge in [-0.1, -0.05) is 24.3 Å². The quantitative estimate of drug-likeness (QED) is 0.449. The molecule has 31 heavy (non-hydrogen) atoms. The summed E-state index contributed by atoms with van der Waals surface area (Å²) >= 11 is 0. The normalized spacial score (nSPS) is 11.4. The molecule has 0 aliphatic heterocycles. The average Bonchev–Trinajstić information content (AvgIpc) is 3.36. The predicted octanol–water partition coefficient (Wildman–Crippen LogP) is 4.51. The number of nitrogens with zero attached hydrogens (tertiary/aromatic N) is 4. The van der Waals surface area contributed by atoms with Crippen molar-refractivity contribution in [2.24, 2.45) is 0 Å². The van der Waals surface area contributed by atoms with Crippen molar-refractivity contribution in [3.8, 4) is 0 Å². The van der Waals surface area contributed by atoms with E-state index in [4.69, 9.17) is 9.97 Å². The molecule has 0 saturated carbocycles. The monoisotopic (exact) mass is 409 g/mol. The Balaban J connectivity index is 1.46. The molecule has 6 heteroatoms. The fraction of sp³-hybridized carbons (Fsp3) is 0.160. The number of amides is 1. The number of imidazole rings is 2. The van der Waals surface area contributed by atoms with Crippen molar-refractivity contribution in [3.05, 3.63) is 102 Å². The molecule has 4 heterocycles. The van der Waals surface area contributed by atoms with E-state index in [0.29, 0.717) is 0 Å². The molecule has 5 aromatic rings. The third-order valence-electron chi connectivity index (χ3n) is 5.44. The largest absolute Gasteiger partial charge is 0.326 e. The first kappa shape index (κ1) is 19.1. The van der Waals surface area contributed by atoms with Crippen LogP contribution in [0.1, 0.15) is 29.8 Å². The molecule has 0 unspecified atom stereocenters. The zero-order chi connectivity index (χ0) is 21.2. The first-order valence-electron chi connectivity index (χ1n) is 10.4. The van der Waals surface area contributed by atoms with Gasteiger partial charge in [-0.15, -0.1) is 0 Å². The molecule has 0 bridgehead atoms. The zero-order valence-corrected chi connectivity index (χ0v) is 17.3. The first-order chi connectivity index (χ1) is 15.1. The maximum atomic E-state index is 11.4. The molecule has 0 aliphatic rings. The highest BCUT2D eigenvalue weighted by atomic mass is 16.1. The molecule has 0 saturated heterocycles. The third-order valence-corrected chi connectivity index (χ3v) is 5.44. The number of hydrogen-bond acceptors (Lipinski definition) is 3. The summed E-state index contributed by atoms with van der Waals surface area (Å²) in [4.78, 5) is 21.0. The number of nitrogens with one attached hydrogen (secondary N) is 1. The molecule has 0 aliphatic carbocycles. The second-order valence-corrected chi connectivity index (χ2v) is 7.81. The summed E-state index contributed by atoms with van der Waals surface area (Å²) in [5, 5.41) is 2.84. The topological polar surface area (TPSA) is 63.7 Å². The Labute approximate surface area is 180 Å². The molecule has 1 aromatic carbocycles. The van der Waals surface area contributed by atoms with E-state index >= 15 is 0 Å². The van der Waals surface area contributed by atoms with Crippen LogP contribution >= 0.6 is 0 Å². The zero-order valence-electron chi connectivity index (χ0n) is 17.3. The van der Waals surface area contributed by atoms with E-state index < -0.39 is 0 Å². The second-order valence-electron chi connectivity index (χ2n) is 7.81. The van der Waals surface area contributed by atoms with E-state index in [0.717, 1.165) is 41.2 Å². The van der Waals surface area contributed by atoms with E-state index in [1.54, 1.807) is 0 Å². The number of hydrogen-bond donors (Lipinski definition) is 1. The lowest BCUT2D eigenvalue weighted by Crippen LogP contribution is -2.09. The Morgan fingerprint density at radius 3 is 1.87 bits per heavy atom. The summed E-state index contributed by atoms with van der Waals surface area (Å²) in [5.41, 5.74) is 5.99. The molecule has 1 N–H and O–H groups in total. The Kier molecular flexibility index (Phi) is 4.96. The van der Waals surface area contributed by atoms with Gasteiger partial charge < -0.3 is 14.1 Å². The summed E-state index contributed by atoms with van der Waals surface area (Å²) in [6, 6.07) is 20.1. The van der Waals surface area contributed by atoms with Crippen LogP contribution < -0.4 is 5.32 Å². The molecule has 0 radical (unpaired) electrons. The number of aromatic nitrogens is 4. The first-order valence-corrected chi connectivity index (χ1v) is 10.4. The lowest BCUT2D eigenvalue weighted by Gasteiger charge is -2.16. The highest BCUT2D eigenvalue weighted by Gasteiger charge is 2.17. The Hall–Kier alpha value is -3.93. The molecule has 154 valence electrons. The molecule has 0 spiro atoms. The maximum absolute atomic E-state index is 11.4. The van der Waals surface area contributed by atoms with E-state index in [1.807, 2.05) is 60.9 Å². The number of rotatable bonds is 6. The van der Waals surface area contributed by atoms with Gasteiger partial charge in [0, 0.05) is 37.4 Å². The fourth-order valence-electron chi connectivity index (χ4n) is 4.03. The van der Waals surface area contributed by atoms with Crippen molar-refractivity contribution in [2.45, 2.75) is 25.7 Å². The van der Waals surface area contributed by atoms with Gasteiger partial charge in [-0.2, -0.15) is 0 Å². The Bertz CT molecular complexity index is 1210. The highest BCUT2D eigenvalue weighted by Crippen LogP contribution is 2.26. The number of pyridine rings is 2. The van der Waals surface area contributed by atoms with Crippen molar-refractivity contribution in [1.29, 1.82) is 0 Å². The van der Waals surface area contributed by atoms with Crippen LogP contribution in [0.3, 0.4) is 0 Å². The van der Waals surface area contributed by atoms with Crippen molar-refractivity contribution in [3.63, 3.8) is 0 Å². The molecule has 5 rings (SSSR count). The molecule has 4 aromatic heterocycles. The fourth-order valence-corrected chi connectivity index (χ4v) is 4.03. The standard InChI is InChI=1S/C25H23N5O/c1-18(31)26-21-10-8-19(9-11-21)20(14-22-16-29-12-4-2-6-24(29)27-22)15-23-17-30-13-5-3-7-25(30)28-23/h2-13,16-17,20H,14-15H2,1H3,(H,26,31). The number of carbonyl (C=O) groups is 1. The average molecular weight is 409 g/mol. The van der Waals surface area contributed by atoms with E-state index in [9.17, 15) is 4.79 Å². The minimum atomic E-state index is -0.0706. The summed E-state index contributed by atoms with van der Waals surface area (Å²) < 4.78 is 4.11. The van der Waals surface area contributed by atoms with Crippen molar-refractivity contribution < 1.29 is 4.79 Å². The molecule has 6 nitrogen and oxygen atoms in total. The smallest absolute Gasteiger partial charge is 0.221 e. The van der Waals surface area contributed by atoms with Crippen LogP contribution in [0.4, 0.5) is 5.69 Å². The van der Waals surface area contributed by atoms with Crippen LogP contribution in [0.25, 0.3) is 11.3 Å². The Morgan fingerprint density at radius 2 is 1.39 bits per heavy atom. The SMILES string of the molecule is CC(=O)Nc1ccc(C(Cc2cn3ccccc3n2)Cc2cn3ccccc3n2)cc1. The van der Waals surface area contributed by atoms with Crippen LogP contribution in [0.2, 0.25) is 0 Å². The predicted molar refractivity (Wildman–Crippen MR) is 121 cm³/mol. The molecule has 0 atom stereocenters. The maximum Gasteiger partial charge on any atom is 0.221 e. The van der Waals surface area contributed by atoms with Crippen molar-refractivity contribution in [2.75, 3.05) is 5.32 Å². The van der Waals surface area contributed by atoms with Gasteiger partial charge in [0.2, 0.25) is 5.91 Å². The number of benzene rings is 1. The summed E-state index contributed by atoms with van der Waals surface area (Å²) in [7, 11) is 0. The number of anilines is 1. The lowest BCUT2D eigenvalue weighted by atomic mass is 9.90. The summed E-state index contributed by atoms with van der Waals surface area (Å²) in [5.74, 6) is 0.139. The summed E-state index contributed by atoms with van der Waals surface area (Å²) in [6.45, 7) is 1.52. The third kappa shape index (κ3) is 4.19. The van der Waals surface area contributed by atoms with Gasteiger partial charge in [0.1, 0.15) is 11.3 Å². The van der Waals surface area contributed by atoms with Crippen molar-refractivity contribution in [1.82, 2.24) is 18.8 Å². The van der Waals surface area contributed by atoms with Crippen LogP contribution in [-0.4, -0.2) is 24.7 Å². The van der Waals surface area contributed by atoms with Crippen LogP contribution in [-0.2, 0) is 17.6 Å². The van der Waals surface area contributed by atoms with E-state index in [1.165, 1.54) is 12.5 Å². The number of carbonyl (C=O) groups excluding carboxylic acids is 1. The van der Waals surface area contributed by atoms with Crippen LogP contribution in [0.5, 0.6) is 0 Å². The van der Waals surface area contributed by atoms with E-state index in [2.05, 4.69) is 38.6 Å². The minimum absolute atomic E-state index is 0.0706. The van der Waals surface area contributed by atoms with Gasteiger partial charge in [0.25, 0.3) is 0 Å². The highest BCUT2D eigenvalue weighted by molar-refractivity contribution is 5.88. The van der Waals surface area contributed by atoms with Gasteiger partial charge in [-0.25, -0.2) is 9.97 Å². The van der Waals surface area contributed by atoms with E-state index in [-0.39, 0.29) is 11.8 Å². The van der Waals surface area contributed by atoms with Crippen LogP contribution in [0.15, 0.2) is 85.5 Å². The van der Waals surface area contributed by atoms with Crippen LogP contribution in [0, 0.1) is 0 Å². The van der Waals surface area contributed by atoms with Gasteiger partial charge in [-0.3, -0.25) is 4.79 Å². The van der Waals surface area contributed by atoms with Gasteiger partial charge in [0.05, 0.1) is 11.4 Å². The Morgan fingerprint density at radius 1 is 0.839 bits per heavy atom. The molecular weight excluding hydrogens is 386 g/mol. The lowest BCUT2D eigenvalue weighted by molar-refractivity contribution is -0.114. The summed E-state index contributed by atoms with van der Waals surface area (Å²) in [6.07, 6.45) is 9.83. The molecular formula is C25H23N5O.